The molecule has 3 N–H and O–H groups in total. The Morgan fingerprint density at radius 1 is 1.23 bits per heavy atom. The monoisotopic (exact) mass is 182 g/mol. The molecule has 0 saturated heterocycles. The third-order valence-corrected chi connectivity index (χ3v) is 3.32. The molecule has 0 aromatic carbocycles. The number of rotatable bonds is 1. The van der Waals surface area contributed by atoms with Gasteiger partial charge < -0.3 is 5.73 Å². The zero-order valence-electron chi connectivity index (χ0n) is 7.45. The van der Waals surface area contributed by atoms with E-state index in [1.807, 2.05) is 0 Å². The van der Waals surface area contributed by atoms with Gasteiger partial charge in [-0.25, -0.2) is 4.79 Å². The van der Waals surface area contributed by atoms with Crippen molar-refractivity contribution in [1.29, 1.82) is 0 Å². The molecule has 2 aliphatic rings. The summed E-state index contributed by atoms with van der Waals surface area (Å²) >= 11 is 0. The van der Waals surface area contributed by atoms with Gasteiger partial charge in [-0.2, -0.15) is 0 Å². The molecule has 72 valence electrons. The summed E-state index contributed by atoms with van der Waals surface area (Å²) < 4.78 is 0. The minimum atomic E-state index is -0.729. The average molecular weight is 182 g/mol. The minimum Gasteiger partial charge on any atom is -0.351 e. The molecule has 4 nitrogen and oxygen atoms in total. The molecule has 0 aromatic heterocycles. The summed E-state index contributed by atoms with van der Waals surface area (Å²) in [6, 6.07) is -0.729. The molecule has 2 rings (SSSR count). The summed E-state index contributed by atoms with van der Waals surface area (Å²) in [4.78, 5) is 21.9. The van der Waals surface area contributed by atoms with Crippen molar-refractivity contribution in [1.82, 2.24) is 5.32 Å². The summed E-state index contributed by atoms with van der Waals surface area (Å²) in [6.45, 7) is 0. The number of carbonyl (C=O) groups excluding carboxylic acids is 2. The third-order valence-electron chi connectivity index (χ3n) is 3.32. The molecular formula is C9H14N2O2. The number of carbonyl (C=O) groups is 2. The van der Waals surface area contributed by atoms with Crippen LogP contribution in [-0.4, -0.2) is 11.9 Å². The van der Waals surface area contributed by atoms with Crippen molar-refractivity contribution in [2.45, 2.75) is 25.7 Å². The molecule has 0 spiro atoms. The average Bonchev–Trinajstić information content (AvgIpc) is 2.62. The molecule has 0 heterocycles. The minimum absolute atomic E-state index is 0.0475. The molecule has 2 saturated carbocycles. The van der Waals surface area contributed by atoms with E-state index in [0.717, 1.165) is 19.3 Å². The first kappa shape index (κ1) is 8.53. The lowest BCUT2D eigenvalue weighted by Gasteiger charge is -2.19. The molecule has 4 heteroatoms. The van der Waals surface area contributed by atoms with Crippen LogP contribution in [0.1, 0.15) is 25.7 Å². The van der Waals surface area contributed by atoms with Gasteiger partial charge in [-0.1, -0.05) is 6.42 Å². The number of amides is 3. The number of hydrogen-bond acceptors (Lipinski definition) is 2. The van der Waals surface area contributed by atoms with Gasteiger partial charge in [-0.3, -0.25) is 10.1 Å². The number of urea groups is 1. The van der Waals surface area contributed by atoms with Crippen molar-refractivity contribution in [3.8, 4) is 0 Å². The number of nitrogens with two attached hydrogens (primary N) is 1. The highest BCUT2D eigenvalue weighted by Crippen LogP contribution is 2.48. The van der Waals surface area contributed by atoms with Crippen molar-refractivity contribution < 1.29 is 9.59 Å². The lowest BCUT2D eigenvalue weighted by molar-refractivity contribution is -0.125. The summed E-state index contributed by atoms with van der Waals surface area (Å²) in [5.74, 6) is 1.10. The molecule has 2 fully saturated rings. The van der Waals surface area contributed by atoms with Gasteiger partial charge in [-0.15, -0.1) is 0 Å². The second-order valence-electron chi connectivity index (χ2n) is 4.13. The first-order valence-corrected chi connectivity index (χ1v) is 4.77. The van der Waals surface area contributed by atoms with E-state index in [1.165, 1.54) is 6.42 Å². The Labute approximate surface area is 76.9 Å². The summed E-state index contributed by atoms with van der Waals surface area (Å²) in [5.41, 5.74) is 4.89. The van der Waals surface area contributed by atoms with E-state index in [-0.39, 0.29) is 11.8 Å². The van der Waals surface area contributed by atoms with Crippen LogP contribution in [-0.2, 0) is 4.79 Å². The number of fused-ring (bicyclic) bond motifs is 2. The molecule has 0 radical (unpaired) electrons. The van der Waals surface area contributed by atoms with Crippen LogP contribution >= 0.6 is 0 Å². The van der Waals surface area contributed by atoms with Gasteiger partial charge in [-0.05, 0) is 31.1 Å². The van der Waals surface area contributed by atoms with Gasteiger partial charge >= 0.3 is 6.03 Å². The maximum Gasteiger partial charge on any atom is 0.318 e. The molecule has 2 aliphatic carbocycles. The SMILES string of the molecule is NC(=O)NC(=O)C1CC2CCC1C2. The molecule has 0 aromatic rings. The van der Waals surface area contributed by atoms with Gasteiger partial charge in [0.1, 0.15) is 0 Å². The fourth-order valence-corrected chi connectivity index (χ4v) is 2.78. The highest BCUT2D eigenvalue weighted by atomic mass is 16.2. The van der Waals surface area contributed by atoms with E-state index in [1.54, 1.807) is 0 Å². The molecule has 3 atom stereocenters. The van der Waals surface area contributed by atoms with Crippen LogP contribution in [0.3, 0.4) is 0 Å². The fourth-order valence-electron chi connectivity index (χ4n) is 2.78. The molecule has 13 heavy (non-hydrogen) atoms. The lowest BCUT2D eigenvalue weighted by atomic mass is 9.88. The van der Waals surface area contributed by atoms with E-state index in [4.69, 9.17) is 5.73 Å². The van der Waals surface area contributed by atoms with Gasteiger partial charge in [0.15, 0.2) is 0 Å². The molecule has 2 bridgehead atoms. The first-order valence-electron chi connectivity index (χ1n) is 4.77. The first-order chi connectivity index (χ1) is 6.16. The number of nitrogens with one attached hydrogen (secondary N) is 1. The number of imide groups is 1. The number of primary amides is 1. The van der Waals surface area contributed by atoms with Crippen LogP contribution in [0.5, 0.6) is 0 Å². The third kappa shape index (κ3) is 1.53. The van der Waals surface area contributed by atoms with Crippen molar-refractivity contribution in [2.24, 2.45) is 23.5 Å². The predicted octanol–water partition coefficient (Wildman–Crippen LogP) is 0.617. The van der Waals surface area contributed by atoms with Crippen LogP contribution in [0, 0.1) is 17.8 Å². The van der Waals surface area contributed by atoms with Crippen LogP contribution in [0.2, 0.25) is 0 Å². The van der Waals surface area contributed by atoms with Crippen LogP contribution in [0.15, 0.2) is 0 Å². The standard InChI is InChI=1S/C9H14N2O2/c10-9(13)11-8(12)7-4-5-1-2-6(7)3-5/h5-7H,1-4H2,(H3,10,11,12,13). The van der Waals surface area contributed by atoms with E-state index in [9.17, 15) is 9.59 Å². The summed E-state index contributed by atoms with van der Waals surface area (Å²) in [7, 11) is 0. The maximum atomic E-state index is 11.4. The van der Waals surface area contributed by atoms with Crippen molar-refractivity contribution in [3.05, 3.63) is 0 Å². The Balaban J connectivity index is 1.95. The summed E-state index contributed by atoms with van der Waals surface area (Å²) in [6.07, 6.45) is 4.51. The summed E-state index contributed by atoms with van der Waals surface area (Å²) in [5, 5.41) is 2.17. The zero-order chi connectivity index (χ0) is 9.42. The van der Waals surface area contributed by atoms with Crippen molar-refractivity contribution in [2.75, 3.05) is 0 Å². The quantitative estimate of drug-likeness (QED) is 0.623. The second kappa shape index (κ2) is 3.01. The Bertz CT molecular complexity index is 252. The van der Waals surface area contributed by atoms with Crippen LogP contribution in [0.4, 0.5) is 4.79 Å². The Kier molecular flexibility index (Phi) is 1.98. The Hall–Kier alpha value is -1.06. The Morgan fingerprint density at radius 2 is 2.00 bits per heavy atom. The normalized spacial score (nSPS) is 36.2. The van der Waals surface area contributed by atoms with Gasteiger partial charge in [0, 0.05) is 5.92 Å². The van der Waals surface area contributed by atoms with Gasteiger partial charge in [0.25, 0.3) is 0 Å². The van der Waals surface area contributed by atoms with Gasteiger partial charge in [0.2, 0.25) is 5.91 Å². The van der Waals surface area contributed by atoms with Crippen LogP contribution < -0.4 is 11.1 Å². The van der Waals surface area contributed by atoms with E-state index in [2.05, 4.69) is 5.32 Å². The highest BCUT2D eigenvalue weighted by molar-refractivity contribution is 5.95. The number of hydrogen-bond donors (Lipinski definition) is 2. The molecule has 3 unspecified atom stereocenters. The lowest BCUT2D eigenvalue weighted by Crippen LogP contribution is -2.40. The van der Waals surface area contributed by atoms with Crippen molar-refractivity contribution >= 4 is 11.9 Å². The van der Waals surface area contributed by atoms with E-state index in [0.29, 0.717) is 11.8 Å². The molecule has 0 aliphatic heterocycles. The van der Waals surface area contributed by atoms with Crippen molar-refractivity contribution in [3.63, 3.8) is 0 Å². The largest absolute Gasteiger partial charge is 0.351 e. The van der Waals surface area contributed by atoms with Gasteiger partial charge in [0.05, 0.1) is 0 Å². The zero-order valence-corrected chi connectivity index (χ0v) is 7.45. The van der Waals surface area contributed by atoms with Crippen LogP contribution in [0.25, 0.3) is 0 Å². The fraction of sp³-hybridized carbons (Fsp3) is 0.778. The smallest absolute Gasteiger partial charge is 0.318 e. The second-order valence-corrected chi connectivity index (χ2v) is 4.13. The van der Waals surface area contributed by atoms with E-state index < -0.39 is 6.03 Å². The maximum absolute atomic E-state index is 11.4. The van der Waals surface area contributed by atoms with E-state index >= 15 is 0 Å². The predicted molar refractivity (Wildman–Crippen MR) is 46.7 cm³/mol. The Morgan fingerprint density at radius 3 is 2.46 bits per heavy atom. The molecule has 3 amide bonds. The molecular weight excluding hydrogens is 168 g/mol. The highest BCUT2D eigenvalue weighted by Gasteiger charge is 2.43. The topological polar surface area (TPSA) is 72.2 Å².